The highest BCUT2D eigenvalue weighted by Crippen LogP contribution is 2.17. The Morgan fingerprint density at radius 3 is 2.43 bits per heavy atom. The van der Waals surface area contributed by atoms with Crippen molar-refractivity contribution in [3.8, 4) is 0 Å². The van der Waals surface area contributed by atoms with Crippen molar-refractivity contribution in [1.82, 2.24) is 14.9 Å². The quantitative estimate of drug-likeness (QED) is 0.550. The van der Waals surface area contributed by atoms with Gasteiger partial charge in [0.2, 0.25) is 0 Å². The van der Waals surface area contributed by atoms with Crippen LogP contribution in [0, 0.1) is 0 Å². The first-order valence-electron chi connectivity index (χ1n) is 8.44. The van der Waals surface area contributed by atoms with Crippen molar-refractivity contribution in [2.45, 2.75) is 13.0 Å². The van der Waals surface area contributed by atoms with E-state index in [1.54, 1.807) is 48.5 Å². The minimum atomic E-state index is -2.68. The first kappa shape index (κ1) is 19.9. The molecule has 2 aromatic carbocycles. The van der Waals surface area contributed by atoms with Gasteiger partial charge in [0.15, 0.2) is 5.78 Å². The van der Waals surface area contributed by atoms with Crippen LogP contribution in [-0.4, -0.2) is 27.8 Å². The summed E-state index contributed by atoms with van der Waals surface area (Å²) in [5.41, 5.74) is 0.964. The van der Waals surface area contributed by atoms with Crippen LogP contribution in [0.4, 0.5) is 8.78 Å². The van der Waals surface area contributed by atoms with Crippen LogP contribution in [-0.2, 0) is 6.42 Å². The number of nitrogens with one attached hydrogen (secondary N) is 1. The molecule has 0 radical (unpaired) electrons. The lowest BCUT2D eigenvalue weighted by Gasteiger charge is -2.10. The lowest BCUT2D eigenvalue weighted by molar-refractivity contribution is 0.0670. The van der Waals surface area contributed by atoms with Gasteiger partial charge in [-0.15, -0.1) is 0 Å². The smallest absolute Gasteiger partial charge is 0.319 e. The molecule has 3 rings (SSSR count). The van der Waals surface area contributed by atoms with Crippen LogP contribution in [0.2, 0.25) is 0 Å². The van der Waals surface area contributed by atoms with E-state index in [1.807, 2.05) is 0 Å². The lowest BCUT2D eigenvalue weighted by Crippen LogP contribution is -2.28. The van der Waals surface area contributed by atoms with Crippen LogP contribution in [0.1, 0.15) is 38.7 Å². The third kappa shape index (κ3) is 4.51. The van der Waals surface area contributed by atoms with E-state index in [0.717, 1.165) is 9.04 Å². The van der Waals surface area contributed by atoms with E-state index < -0.39 is 12.5 Å². The Morgan fingerprint density at radius 2 is 1.75 bits per heavy atom. The Bertz CT molecular complexity index is 987. The van der Waals surface area contributed by atoms with Gasteiger partial charge in [0, 0.05) is 41.0 Å². The van der Waals surface area contributed by atoms with E-state index in [0.29, 0.717) is 5.56 Å². The molecule has 0 aliphatic heterocycles. The molecular weight excluding hydrogens is 432 g/mol. The number of hydrogen-bond donors (Lipinski definition) is 1. The maximum absolute atomic E-state index is 12.8. The minimum absolute atomic E-state index is 0.114. The monoisotopic (exact) mass is 447 g/mol. The summed E-state index contributed by atoms with van der Waals surface area (Å²) in [6, 6.07) is 13.3. The number of alkyl halides is 2. The molecule has 1 aromatic heterocycles. The highest BCUT2D eigenvalue weighted by molar-refractivity contribution is 9.10. The van der Waals surface area contributed by atoms with Crippen LogP contribution in [0.5, 0.6) is 0 Å². The first-order valence-corrected chi connectivity index (χ1v) is 9.24. The summed E-state index contributed by atoms with van der Waals surface area (Å²) in [6.07, 6.45) is 2.62. The molecule has 0 atom stereocenters. The molecule has 28 heavy (non-hydrogen) atoms. The van der Waals surface area contributed by atoms with Gasteiger partial charge in [-0.3, -0.25) is 14.2 Å². The summed E-state index contributed by atoms with van der Waals surface area (Å²) in [5, 5.41) is 2.66. The molecule has 1 amide bonds. The third-order valence-electron chi connectivity index (χ3n) is 4.12. The van der Waals surface area contributed by atoms with E-state index >= 15 is 0 Å². The predicted octanol–water partition coefficient (Wildman–Crippen LogP) is 4.24. The van der Waals surface area contributed by atoms with Crippen molar-refractivity contribution >= 4 is 27.6 Å². The molecule has 0 spiro atoms. The molecule has 0 aliphatic carbocycles. The van der Waals surface area contributed by atoms with Gasteiger partial charge in [0.05, 0.1) is 5.56 Å². The summed E-state index contributed by atoms with van der Waals surface area (Å²) in [5.74, 6) is -0.544. The van der Waals surface area contributed by atoms with Gasteiger partial charge < -0.3 is 5.32 Å². The second kappa shape index (κ2) is 8.88. The molecular formula is C20H16BrF2N3O2. The maximum Gasteiger partial charge on any atom is 0.319 e. The average Bonchev–Trinajstić information content (AvgIpc) is 3.17. The van der Waals surface area contributed by atoms with Crippen LogP contribution >= 0.6 is 15.9 Å². The highest BCUT2D eigenvalue weighted by atomic mass is 79.9. The number of aromatic nitrogens is 2. The van der Waals surface area contributed by atoms with Crippen LogP contribution in [0.25, 0.3) is 0 Å². The van der Waals surface area contributed by atoms with Crippen molar-refractivity contribution < 1.29 is 18.4 Å². The van der Waals surface area contributed by atoms with Gasteiger partial charge in [0.25, 0.3) is 5.91 Å². The Balaban J connectivity index is 1.71. The topological polar surface area (TPSA) is 64.0 Å². The summed E-state index contributed by atoms with van der Waals surface area (Å²) < 4.78 is 27.3. The van der Waals surface area contributed by atoms with Gasteiger partial charge >= 0.3 is 6.55 Å². The molecule has 0 saturated heterocycles. The second-order valence-electron chi connectivity index (χ2n) is 5.92. The van der Waals surface area contributed by atoms with E-state index in [2.05, 4.69) is 26.2 Å². The summed E-state index contributed by atoms with van der Waals surface area (Å²) in [6.45, 7) is -2.57. The molecule has 0 fully saturated rings. The lowest BCUT2D eigenvalue weighted by atomic mass is 9.98. The molecule has 0 unspecified atom stereocenters. The second-order valence-corrected chi connectivity index (χ2v) is 6.83. The van der Waals surface area contributed by atoms with Gasteiger partial charge in [0.1, 0.15) is 5.82 Å². The number of benzene rings is 2. The predicted molar refractivity (Wildman–Crippen MR) is 104 cm³/mol. The molecule has 3 aromatic rings. The number of hydrogen-bond acceptors (Lipinski definition) is 3. The molecule has 0 saturated carbocycles. The van der Waals surface area contributed by atoms with Gasteiger partial charge in [-0.1, -0.05) is 34.1 Å². The molecule has 0 bridgehead atoms. The Kier molecular flexibility index (Phi) is 6.30. The van der Waals surface area contributed by atoms with E-state index in [-0.39, 0.29) is 35.7 Å². The maximum atomic E-state index is 12.8. The zero-order chi connectivity index (χ0) is 20.1. The van der Waals surface area contributed by atoms with Gasteiger partial charge in [-0.25, -0.2) is 4.98 Å². The fourth-order valence-corrected chi connectivity index (χ4v) is 3.00. The minimum Gasteiger partial charge on any atom is -0.352 e. The van der Waals surface area contributed by atoms with Crippen molar-refractivity contribution in [2.24, 2.45) is 0 Å². The number of rotatable bonds is 7. The van der Waals surface area contributed by atoms with E-state index in [4.69, 9.17) is 0 Å². The number of imidazole rings is 1. The first-order chi connectivity index (χ1) is 13.5. The summed E-state index contributed by atoms with van der Waals surface area (Å²) in [4.78, 5) is 29.2. The zero-order valence-corrected chi connectivity index (χ0v) is 16.2. The average molecular weight is 448 g/mol. The molecule has 0 aliphatic rings. The number of carbonyl (C=O) groups is 2. The molecule has 1 heterocycles. The van der Waals surface area contributed by atoms with Gasteiger partial charge in [-0.2, -0.15) is 8.78 Å². The normalized spacial score (nSPS) is 10.9. The highest BCUT2D eigenvalue weighted by Gasteiger charge is 2.18. The molecule has 1 N–H and O–H groups in total. The summed E-state index contributed by atoms with van der Waals surface area (Å²) in [7, 11) is 0. The number of nitrogens with zero attached hydrogens (tertiary/aromatic N) is 2. The van der Waals surface area contributed by atoms with Crippen LogP contribution < -0.4 is 5.32 Å². The van der Waals surface area contributed by atoms with Gasteiger partial charge in [-0.05, 0) is 30.3 Å². The number of halogens is 3. The molecule has 5 nitrogen and oxygen atoms in total. The molecule has 8 heteroatoms. The number of carbonyl (C=O) groups excluding carboxylic acids is 2. The van der Waals surface area contributed by atoms with E-state index in [1.165, 1.54) is 12.4 Å². The van der Waals surface area contributed by atoms with Crippen molar-refractivity contribution in [2.75, 3.05) is 6.54 Å². The molecule has 144 valence electrons. The Morgan fingerprint density at radius 1 is 1.07 bits per heavy atom. The van der Waals surface area contributed by atoms with Crippen molar-refractivity contribution in [3.05, 3.63) is 87.9 Å². The standard InChI is InChI=1S/C20H16BrF2N3O2/c21-14-7-5-13(6-8-14)18(27)15-3-1-2-4-16(15)19(28)25-10-9-17-24-11-12-26(17)20(22)23/h1-8,11-12,20H,9-10H2,(H,25,28). The number of amides is 1. The summed E-state index contributed by atoms with van der Waals surface area (Å²) >= 11 is 3.32. The fraction of sp³-hybridized carbons (Fsp3) is 0.150. The Labute approximate surface area is 168 Å². The van der Waals surface area contributed by atoms with Crippen LogP contribution in [0.3, 0.4) is 0 Å². The van der Waals surface area contributed by atoms with Crippen LogP contribution in [0.15, 0.2) is 65.4 Å². The number of ketones is 1. The van der Waals surface area contributed by atoms with E-state index in [9.17, 15) is 18.4 Å². The SMILES string of the molecule is O=C(NCCc1nccn1C(F)F)c1ccccc1C(=O)c1ccc(Br)cc1. The third-order valence-corrected chi connectivity index (χ3v) is 4.64. The van der Waals surface area contributed by atoms with Crippen molar-refractivity contribution in [3.63, 3.8) is 0 Å². The fourth-order valence-electron chi connectivity index (χ4n) is 2.73. The largest absolute Gasteiger partial charge is 0.352 e. The zero-order valence-electron chi connectivity index (χ0n) is 14.6. The Hall–Kier alpha value is -2.87. The van der Waals surface area contributed by atoms with Crippen molar-refractivity contribution in [1.29, 1.82) is 0 Å².